The monoisotopic (exact) mass is 459 g/mol. The molecule has 33 heavy (non-hydrogen) atoms. The van der Waals surface area contributed by atoms with E-state index in [2.05, 4.69) is 14.8 Å². The zero-order valence-corrected chi connectivity index (χ0v) is 18.9. The van der Waals surface area contributed by atoms with Gasteiger partial charge in [0.1, 0.15) is 0 Å². The Hall–Kier alpha value is -4.08. The number of amides is 1. The number of carbonyl (C=O) groups excluding carboxylic acids is 4. The van der Waals surface area contributed by atoms with E-state index < -0.39 is 30.4 Å². The van der Waals surface area contributed by atoms with Crippen LogP contribution in [0.3, 0.4) is 0 Å². The number of rotatable bonds is 9. The fourth-order valence-corrected chi connectivity index (χ4v) is 2.73. The van der Waals surface area contributed by atoms with Crippen molar-refractivity contribution in [2.75, 3.05) is 33.3 Å². The van der Waals surface area contributed by atoms with Crippen molar-refractivity contribution < 1.29 is 42.9 Å². The summed E-state index contributed by atoms with van der Waals surface area (Å²) in [6, 6.07) is 8.41. The third kappa shape index (κ3) is 6.96. The molecule has 10 heteroatoms. The maximum Gasteiger partial charge on any atom is 0.338 e. The molecule has 2 aromatic carbocycles. The predicted octanol–water partition coefficient (Wildman–Crippen LogP) is 2.85. The van der Waals surface area contributed by atoms with Gasteiger partial charge in [-0.2, -0.15) is 0 Å². The van der Waals surface area contributed by atoms with Crippen LogP contribution in [0.4, 0.5) is 5.69 Å². The lowest BCUT2D eigenvalue weighted by molar-refractivity contribution is -0.119. The van der Waals surface area contributed by atoms with E-state index in [0.29, 0.717) is 11.5 Å². The number of hydrogen-bond donors (Lipinski definition) is 1. The number of benzene rings is 2. The lowest BCUT2D eigenvalue weighted by atomic mass is 10.1. The van der Waals surface area contributed by atoms with Crippen molar-refractivity contribution in [3.8, 4) is 11.5 Å². The molecule has 2 aromatic rings. The van der Waals surface area contributed by atoms with Crippen molar-refractivity contribution in [2.45, 2.75) is 20.0 Å². The maximum absolute atomic E-state index is 12.3. The molecule has 2 rings (SSSR count). The van der Waals surface area contributed by atoms with Crippen molar-refractivity contribution >= 4 is 29.5 Å². The Morgan fingerprint density at radius 2 is 1.39 bits per heavy atom. The van der Waals surface area contributed by atoms with Gasteiger partial charge in [-0.3, -0.25) is 4.79 Å². The fourth-order valence-electron chi connectivity index (χ4n) is 2.73. The second-order valence-corrected chi connectivity index (χ2v) is 6.94. The molecule has 0 saturated carbocycles. The summed E-state index contributed by atoms with van der Waals surface area (Å²) in [6.45, 7) is 3.10. The summed E-state index contributed by atoms with van der Waals surface area (Å²) in [5.41, 5.74) is 0.347. The van der Waals surface area contributed by atoms with Gasteiger partial charge in [-0.1, -0.05) is 0 Å². The molecule has 0 bridgehead atoms. The van der Waals surface area contributed by atoms with Crippen LogP contribution in [0.15, 0.2) is 36.4 Å². The molecule has 1 N–H and O–H groups in total. The van der Waals surface area contributed by atoms with Crippen LogP contribution in [0, 0.1) is 0 Å². The van der Waals surface area contributed by atoms with E-state index in [1.165, 1.54) is 51.7 Å². The van der Waals surface area contributed by atoms with Gasteiger partial charge >= 0.3 is 17.9 Å². The molecule has 0 saturated heterocycles. The van der Waals surface area contributed by atoms with Gasteiger partial charge in [0.15, 0.2) is 18.1 Å². The van der Waals surface area contributed by atoms with E-state index in [9.17, 15) is 19.2 Å². The molecule has 0 heterocycles. The van der Waals surface area contributed by atoms with Crippen molar-refractivity contribution in [1.29, 1.82) is 0 Å². The molecular weight excluding hydrogens is 434 g/mol. The van der Waals surface area contributed by atoms with Gasteiger partial charge in [0.2, 0.25) is 0 Å². The van der Waals surface area contributed by atoms with Gasteiger partial charge in [0.05, 0.1) is 44.1 Å². The van der Waals surface area contributed by atoms with E-state index in [1.807, 2.05) is 13.8 Å². The Morgan fingerprint density at radius 3 is 1.91 bits per heavy atom. The Bertz CT molecular complexity index is 1010. The minimum Gasteiger partial charge on any atom is -0.493 e. The number of carbonyl (C=O) groups is 4. The Labute approximate surface area is 190 Å². The number of anilines is 1. The van der Waals surface area contributed by atoms with Crippen LogP contribution in [-0.4, -0.2) is 57.9 Å². The van der Waals surface area contributed by atoms with Crippen LogP contribution in [-0.2, 0) is 19.0 Å². The average Bonchev–Trinajstić information content (AvgIpc) is 2.80. The van der Waals surface area contributed by atoms with Crippen LogP contribution in [0.2, 0.25) is 0 Å². The van der Waals surface area contributed by atoms with Crippen LogP contribution in [0.1, 0.15) is 44.9 Å². The third-order valence-corrected chi connectivity index (χ3v) is 4.16. The zero-order valence-electron chi connectivity index (χ0n) is 18.9. The van der Waals surface area contributed by atoms with Crippen molar-refractivity contribution in [3.63, 3.8) is 0 Å². The second-order valence-electron chi connectivity index (χ2n) is 6.94. The molecule has 0 atom stereocenters. The maximum atomic E-state index is 12.3. The minimum atomic E-state index is -0.752. The molecule has 0 aromatic heterocycles. The number of esters is 3. The van der Waals surface area contributed by atoms with Crippen LogP contribution >= 0.6 is 0 Å². The Balaban J connectivity index is 2.08. The second kappa shape index (κ2) is 11.5. The summed E-state index contributed by atoms with van der Waals surface area (Å²) in [4.78, 5) is 48.3. The summed E-state index contributed by atoms with van der Waals surface area (Å²) in [7, 11) is 3.80. The molecule has 0 aliphatic rings. The Kier molecular flexibility index (Phi) is 8.79. The van der Waals surface area contributed by atoms with Crippen molar-refractivity contribution in [1.82, 2.24) is 0 Å². The molecule has 0 unspecified atom stereocenters. The van der Waals surface area contributed by atoms with Gasteiger partial charge in [-0.25, -0.2) is 14.4 Å². The smallest absolute Gasteiger partial charge is 0.338 e. The molecule has 0 aliphatic carbocycles. The van der Waals surface area contributed by atoms with E-state index in [1.54, 1.807) is 6.07 Å². The SMILES string of the molecule is COC(=O)c1cc(NC(=O)COC(=O)c2ccc(OC(C)C)c(OC)c2)cc(C(=O)OC)c1. The first-order valence-corrected chi connectivity index (χ1v) is 9.81. The molecular formula is C23H25NO9. The van der Waals surface area contributed by atoms with E-state index in [0.717, 1.165) is 0 Å². The van der Waals surface area contributed by atoms with Crippen LogP contribution < -0.4 is 14.8 Å². The predicted molar refractivity (Wildman–Crippen MR) is 117 cm³/mol. The molecule has 0 spiro atoms. The highest BCUT2D eigenvalue weighted by Gasteiger charge is 2.17. The van der Waals surface area contributed by atoms with Gasteiger partial charge in [0.25, 0.3) is 5.91 Å². The molecule has 0 radical (unpaired) electrons. The largest absolute Gasteiger partial charge is 0.493 e. The molecule has 0 fully saturated rings. The summed E-state index contributed by atoms with van der Waals surface area (Å²) < 4.78 is 25.2. The normalized spacial score (nSPS) is 10.2. The third-order valence-electron chi connectivity index (χ3n) is 4.16. The topological polar surface area (TPSA) is 126 Å². The number of hydrogen-bond acceptors (Lipinski definition) is 9. The number of ether oxygens (including phenoxy) is 5. The van der Waals surface area contributed by atoms with E-state index in [-0.39, 0.29) is 28.5 Å². The highest BCUT2D eigenvalue weighted by molar-refractivity contribution is 6.00. The van der Waals surface area contributed by atoms with Gasteiger partial charge < -0.3 is 29.0 Å². The fraction of sp³-hybridized carbons (Fsp3) is 0.304. The van der Waals surface area contributed by atoms with Gasteiger partial charge in [0, 0.05) is 5.69 Å². The first-order valence-electron chi connectivity index (χ1n) is 9.81. The quantitative estimate of drug-likeness (QED) is 0.445. The van der Waals surface area contributed by atoms with Crippen LogP contribution in [0.25, 0.3) is 0 Å². The minimum absolute atomic E-state index is 0.0310. The zero-order chi connectivity index (χ0) is 24.5. The number of nitrogens with one attached hydrogen (secondary N) is 1. The lowest BCUT2D eigenvalue weighted by Gasteiger charge is -2.14. The molecule has 1 amide bonds. The summed E-state index contributed by atoms with van der Waals surface area (Å²) in [6.07, 6.45) is -0.0854. The molecule has 10 nitrogen and oxygen atoms in total. The molecule has 0 aliphatic heterocycles. The first-order chi connectivity index (χ1) is 15.7. The lowest BCUT2D eigenvalue weighted by Crippen LogP contribution is -2.21. The van der Waals surface area contributed by atoms with E-state index >= 15 is 0 Å². The summed E-state index contributed by atoms with van der Waals surface area (Å²) in [5.74, 6) is -2.04. The summed E-state index contributed by atoms with van der Waals surface area (Å²) in [5, 5.41) is 2.46. The van der Waals surface area contributed by atoms with E-state index in [4.69, 9.17) is 14.2 Å². The van der Waals surface area contributed by atoms with Crippen LogP contribution in [0.5, 0.6) is 11.5 Å². The summed E-state index contributed by atoms with van der Waals surface area (Å²) >= 11 is 0. The molecule has 176 valence electrons. The van der Waals surface area contributed by atoms with Gasteiger partial charge in [-0.05, 0) is 50.2 Å². The first kappa shape index (κ1) is 25.2. The standard InChI is InChI=1S/C23H25NO9/c1-13(2)33-18-7-6-14(11-19(18)29-3)23(28)32-12-20(25)24-17-9-15(21(26)30-4)8-16(10-17)22(27)31-5/h6-11,13H,12H2,1-5H3,(H,24,25). The van der Waals surface area contributed by atoms with Crippen molar-refractivity contribution in [3.05, 3.63) is 53.1 Å². The Morgan fingerprint density at radius 1 is 0.788 bits per heavy atom. The number of methoxy groups -OCH3 is 3. The van der Waals surface area contributed by atoms with Gasteiger partial charge in [-0.15, -0.1) is 0 Å². The highest BCUT2D eigenvalue weighted by atomic mass is 16.5. The average molecular weight is 459 g/mol. The highest BCUT2D eigenvalue weighted by Crippen LogP contribution is 2.29. The van der Waals surface area contributed by atoms with Crippen molar-refractivity contribution in [2.24, 2.45) is 0 Å².